The molecule has 1 aromatic carbocycles. The van der Waals surface area contributed by atoms with E-state index in [4.69, 9.17) is 0 Å². The zero-order valence-electron chi connectivity index (χ0n) is 9.16. The average molecular weight is 245 g/mol. The first-order valence-electron chi connectivity index (χ1n) is 4.95. The smallest absolute Gasteiger partial charge is 0.319 e. The van der Waals surface area contributed by atoms with Crippen molar-refractivity contribution in [2.24, 2.45) is 0 Å². The highest BCUT2D eigenvalue weighted by Gasteiger charge is 2.31. The third-order valence-electron chi connectivity index (χ3n) is 1.96. The molecule has 0 spiro atoms. The van der Waals surface area contributed by atoms with Crippen LogP contribution in [0.25, 0.3) is 0 Å². The van der Waals surface area contributed by atoms with Crippen molar-refractivity contribution >= 4 is 0 Å². The van der Waals surface area contributed by atoms with Gasteiger partial charge < -0.3 is 5.32 Å². The predicted octanol–water partition coefficient (Wildman–Crippen LogP) is 2.81. The lowest BCUT2D eigenvalue weighted by Gasteiger charge is -2.06. The summed E-state index contributed by atoms with van der Waals surface area (Å²) in [6.45, 7) is 0.633. The largest absolute Gasteiger partial charge is 0.416 e. The minimum Gasteiger partial charge on any atom is -0.319 e. The van der Waals surface area contributed by atoms with E-state index in [2.05, 4.69) is 17.2 Å². The maximum atomic E-state index is 13.0. The first-order chi connectivity index (χ1) is 7.93. The van der Waals surface area contributed by atoms with Crippen molar-refractivity contribution in [2.45, 2.75) is 12.6 Å². The summed E-state index contributed by atoms with van der Waals surface area (Å²) < 4.78 is 50.1. The summed E-state index contributed by atoms with van der Waals surface area (Å²) in [5.74, 6) is 4.23. The molecular formula is C12H11F4N. The van der Waals surface area contributed by atoms with Crippen LogP contribution >= 0.6 is 0 Å². The van der Waals surface area contributed by atoms with Crippen LogP contribution in [0.1, 0.15) is 17.5 Å². The van der Waals surface area contributed by atoms with E-state index in [1.54, 1.807) is 7.05 Å². The lowest BCUT2D eigenvalue weighted by Crippen LogP contribution is -2.06. The number of benzene rings is 1. The van der Waals surface area contributed by atoms with Crippen LogP contribution in [-0.2, 0) is 6.18 Å². The maximum absolute atomic E-state index is 13.0. The van der Waals surface area contributed by atoms with Crippen LogP contribution in [-0.4, -0.2) is 13.6 Å². The average Bonchev–Trinajstić information content (AvgIpc) is 2.22. The van der Waals surface area contributed by atoms with E-state index in [0.717, 1.165) is 12.1 Å². The highest BCUT2D eigenvalue weighted by Crippen LogP contribution is 2.30. The van der Waals surface area contributed by atoms with Crippen molar-refractivity contribution in [1.82, 2.24) is 5.32 Å². The summed E-state index contributed by atoms with van der Waals surface area (Å²) in [7, 11) is 1.74. The van der Waals surface area contributed by atoms with E-state index in [9.17, 15) is 17.6 Å². The van der Waals surface area contributed by atoms with Crippen molar-refractivity contribution in [2.75, 3.05) is 13.6 Å². The topological polar surface area (TPSA) is 12.0 Å². The summed E-state index contributed by atoms with van der Waals surface area (Å²) in [5, 5.41) is 2.84. The lowest BCUT2D eigenvalue weighted by atomic mass is 10.1. The van der Waals surface area contributed by atoms with Gasteiger partial charge in [-0.25, -0.2) is 4.39 Å². The number of halogens is 4. The molecule has 0 radical (unpaired) electrons. The summed E-state index contributed by atoms with van der Waals surface area (Å²) in [5.41, 5.74) is -0.983. The van der Waals surface area contributed by atoms with E-state index in [1.165, 1.54) is 0 Å². The minimum atomic E-state index is -4.55. The van der Waals surface area contributed by atoms with Gasteiger partial charge >= 0.3 is 6.18 Å². The van der Waals surface area contributed by atoms with Crippen molar-refractivity contribution in [3.8, 4) is 11.8 Å². The maximum Gasteiger partial charge on any atom is 0.416 e. The molecule has 0 amide bonds. The van der Waals surface area contributed by atoms with Gasteiger partial charge in [0.05, 0.1) is 5.56 Å². The van der Waals surface area contributed by atoms with E-state index < -0.39 is 17.6 Å². The normalized spacial score (nSPS) is 10.9. The van der Waals surface area contributed by atoms with Gasteiger partial charge in [0.25, 0.3) is 0 Å². The molecule has 0 atom stereocenters. The molecule has 0 aliphatic carbocycles. The Kier molecular flexibility index (Phi) is 4.53. The third-order valence-corrected chi connectivity index (χ3v) is 1.96. The molecule has 0 heterocycles. The molecule has 0 saturated heterocycles. The minimum absolute atomic E-state index is 0.0356. The monoisotopic (exact) mass is 245 g/mol. The first-order valence-corrected chi connectivity index (χ1v) is 4.95. The molecule has 92 valence electrons. The highest BCUT2D eigenvalue weighted by molar-refractivity contribution is 5.38. The Hall–Kier alpha value is -1.54. The van der Waals surface area contributed by atoms with Gasteiger partial charge in [0.1, 0.15) is 5.82 Å². The quantitative estimate of drug-likeness (QED) is 0.480. The fourth-order valence-corrected chi connectivity index (χ4v) is 1.18. The molecule has 0 fully saturated rings. The Bertz CT molecular complexity index is 440. The summed E-state index contributed by atoms with van der Waals surface area (Å²) in [6.07, 6.45) is -4.06. The second-order valence-electron chi connectivity index (χ2n) is 3.38. The number of rotatable bonds is 2. The van der Waals surface area contributed by atoms with Crippen LogP contribution in [0.2, 0.25) is 0 Å². The number of hydrogen-bond donors (Lipinski definition) is 1. The zero-order valence-corrected chi connectivity index (χ0v) is 9.16. The van der Waals surface area contributed by atoms with E-state index in [1.807, 2.05) is 0 Å². The Morgan fingerprint density at radius 2 is 1.94 bits per heavy atom. The van der Waals surface area contributed by atoms with Crippen molar-refractivity contribution < 1.29 is 17.6 Å². The van der Waals surface area contributed by atoms with Gasteiger partial charge in [-0.15, -0.1) is 0 Å². The van der Waals surface area contributed by atoms with Gasteiger partial charge in [-0.1, -0.05) is 11.8 Å². The Labute approximate surface area is 96.8 Å². The molecule has 0 aromatic heterocycles. The zero-order chi connectivity index (χ0) is 12.9. The van der Waals surface area contributed by atoms with Crippen LogP contribution in [0, 0.1) is 17.7 Å². The Morgan fingerprint density at radius 1 is 1.24 bits per heavy atom. The van der Waals surface area contributed by atoms with E-state index >= 15 is 0 Å². The summed E-state index contributed by atoms with van der Waals surface area (Å²) in [4.78, 5) is 0. The fraction of sp³-hybridized carbons (Fsp3) is 0.333. The van der Waals surface area contributed by atoms with Gasteiger partial charge in [0.2, 0.25) is 0 Å². The van der Waals surface area contributed by atoms with Crippen LogP contribution < -0.4 is 5.32 Å². The number of hydrogen-bond acceptors (Lipinski definition) is 1. The molecule has 0 saturated carbocycles. The molecular weight excluding hydrogens is 234 g/mol. The molecule has 0 aliphatic heterocycles. The molecule has 0 aliphatic rings. The molecule has 1 aromatic rings. The van der Waals surface area contributed by atoms with Gasteiger partial charge in [-0.05, 0) is 25.2 Å². The molecule has 5 heteroatoms. The molecule has 1 rings (SSSR count). The standard InChI is InChI=1S/C12H11F4N/c1-17-5-3-2-4-9-6-10(12(14,15)16)8-11(13)7-9/h6-8,17H,3,5H2,1H3. The van der Waals surface area contributed by atoms with Crippen molar-refractivity contribution in [3.63, 3.8) is 0 Å². The van der Waals surface area contributed by atoms with Crippen LogP contribution in [0.5, 0.6) is 0 Å². The molecule has 0 bridgehead atoms. The molecule has 1 N–H and O–H groups in total. The van der Waals surface area contributed by atoms with Gasteiger partial charge in [0, 0.05) is 18.5 Å². The lowest BCUT2D eigenvalue weighted by molar-refractivity contribution is -0.137. The fourth-order valence-electron chi connectivity index (χ4n) is 1.18. The Balaban J connectivity index is 2.93. The molecule has 1 nitrogen and oxygen atoms in total. The summed E-state index contributed by atoms with van der Waals surface area (Å²) >= 11 is 0. The SMILES string of the molecule is CNCCC#Cc1cc(F)cc(C(F)(F)F)c1. The third kappa shape index (κ3) is 4.45. The van der Waals surface area contributed by atoms with Gasteiger partial charge in [-0.2, -0.15) is 13.2 Å². The van der Waals surface area contributed by atoms with Crippen molar-refractivity contribution in [1.29, 1.82) is 0 Å². The van der Waals surface area contributed by atoms with E-state index in [0.29, 0.717) is 19.0 Å². The Morgan fingerprint density at radius 3 is 2.53 bits per heavy atom. The number of alkyl halides is 3. The predicted molar refractivity (Wildman–Crippen MR) is 56.8 cm³/mol. The summed E-state index contributed by atoms with van der Waals surface area (Å²) in [6, 6.07) is 2.29. The first kappa shape index (κ1) is 13.5. The van der Waals surface area contributed by atoms with Crippen LogP contribution in [0.4, 0.5) is 17.6 Å². The second kappa shape index (κ2) is 5.69. The van der Waals surface area contributed by atoms with Crippen LogP contribution in [0.15, 0.2) is 18.2 Å². The van der Waals surface area contributed by atoms with Gasteiger partial charge in [-0.3, -0.25) is 0 Å². The number of nitrogens with one attached hydrogen (secondary N) is 1. The van der Waals surface area contributed by atoms with E-state index in [-0.39, 0.29) is 5.56 Å². The molecule has 17 heavy (non-hydrogen) atoms. The van der Waals surface area contributed by atoms with Crippen LogP contribution in [0.3, 0.4) is 0 Å². The van der Waals surface area contributed by atoms with Gasteiger partial charge in [0.15, 0.2) is 0 Å². The van der Waals surface area contributed by atoms with Crippen molar-refractivity contribution in [3.05, 3.63) is 35.1 Å². The second-order valence-corrected chi connectivity index (χ2v) is 3.38. The molecule has 0 unspecified atom stereocenters. The highest BCUT2D eigenvalue weighted by atomic mass is 19.4.